The van der Waals surface area contributed by atoms with Crippen molar-refractivity contribution in [2.75, 3.05) is 0 Å². The van der Waals surface area contributed by atoms with E-state index in [-0.39, 0.29) is 55.6 Å². The summed E-state index contributed by atoms with van der Waals surface area (Å²) in [6.07, 6.45) is 7.80. The van der Waals surface area contributed by atoms with Crippen molar-refractivity contribution in [2.45, 2.75) is 103 Å². The molecule has 2 aromatic carbocycles. The van der Waals surface area contributed by atoms with Gasteiger partial charge < -0.3 is 27.1 Å². The van der Waals surface area contributed by atoms with Crippen molar-refractivity contribution in [3.8, 4) is 35.0 Å². The Labute approximate surface area is 374 Å². The van der Waals surface area contributed by atoms with E-state index in [9.17, 15) is 0 Å². The Morgan fingerprint density at radius 1 is 0.429 bits per heavy atom. The van der Waals surface area contributed by atoms with Gasteiger partial charge in [-0.2, -0.15) is 0 Å². The van der Waals surface area contributed by atoms with E-state index in [1.54, 1.807) is 122 Å². The highest BCUT2D eigenvalue weighted by atomic mass is 32.2. The average molecular weight is 911 g/mol. The summed E-state index contributed by atoms with van der Waals surface area (Å²) in [6, 6.07) is 31.1. The summed E-state index contributed by atoms with van der Waals surface area (Å²) >= 11 is 0. The van der Waals surface area contributed by atoms with Gasteiger partial charge >= 0.3 is 17.2 Å². The Morgan fingerprint density at radius 2 is 0.730 bits per heavy atom. The van der Waals surface area contributed by atoms with Crippen LogP contribution < -0.4 is 27.1 Å². The summed E-state index contributed by atoms with van der Waals surface area (Å²) in [5.74, 6) is 0.836. The highest BCUT2D eigenvalue weighted by molar-refractivity contribution is 7.91. The molecule has 0 amide bonds. The summed E-state index contributed by atoms with van der Waals surface area (Å²) in [5, 5.41) is 0. The monoisotopic (exact) mass is 910 g/mol. The summed E-state index contributed by atoms with van der Waals surface area (Å²) in [7, 11) is -9.29. The van der Waals surface area contributed by atoms with Gasteiger partial charge in [-0.15, -0.1) is 0 Å². The molecule has 0 aliphatic rings. The van der Waals surface area contributed by atoms with Crippen molar-refractivity contribution in [3.05, 3.63) is 145 Å². The Balaban J connectivity index is 1.54. The van der Waals surface area contributed by atoms with Crippen molar-refractivity contribution in [2.24, 2.45) is 10.8 Å². The molecule has 0 fully saturated rings. The van der Waals surface area contributed by atoms with Gasteiger partial charge in [0.15, 0.2) is 0 Å². The molecule has 0 atom stereocenters. The van der Waals surface area contributed by atoms with E-state index in [1.165, 1.54) is 0 Å². The van der Waals surface area contributed by atoms with Crippen molar-refractivity contribution in [1.29, 1.82) is 0 Å². The van der Waals surface area contributed by atoms with Gasteiger partial charge in [-0.05, 0) is 94.2 Å². The van der Waals surface area contributed by atoms with Gasteiger partial charge in [0.2, 0.25) is 33.4 Å². The normalized spacial score (nSPS) is 12.5. The van der Waals surface area contributed by atoms with Crippen LogP contribution in [0.4, 0.5) is 0 Å². The van der Waals surface area contributed by atoms with Gasteiger partial charge in [0.05, 0.1) is 0 Å². The van der Waals surface area contributed by atoms with Crippen LogP contribution in [0.25, 0.3) is 0 Å². The Bertz CT molecular complexity index is 2270. The van der Waals surface area contributed by atoms with E-state index in [0.717, 1.165) is 24.0 Å². The second-order valence-corrected chi connectivity index (χ2v) is 22.6. The minimum Gasteiger partial charge on any atom is -0.407 e. The quantitative estimate of drug-likeness (QED) is 0.0758. The lowest BCUT2D eigenvalue weighted by molar-refractivity contribution is 0.283. The summed E-state index contributed by atoms with van der Waals surface area (Å²) < 4.78 is 69.4. The number of hydrogen-bond donors (Lipinski definition) is 0. The third-order valence-corrected chi connectivity index (χ3v) is 13.4. The summed E-state index contributed by atoms with van der Waals surface area (Å²) in [5.41, 5.74) is 0.497. The fourth-order valence-electron chi connectivity index (χ4n) is 7.59. The molecule has 0 aliphatic carbocycles. The highest BCUT2D eigenvalue weighted by Gasteiger charge is 2.37. The zero-order chi connectivity index (χ0) is 45.5. The van der Waals surface area contributed by atoms with Crippen LogP contribution in [0.2, 0.25) is 0 Å². The topological polar surface area (TPSA) is 141 Å². The lowest BCUT2D eigenvalue weighted by Crippen LogP contribution is -2.25. The molecule has 63 heavy (non-hydrogen) atoms. The summed E-state index contributed by atoms with van der Waals surface area (Å²) in [4.78, 5) is 17.0. The lowest BCUT2D eigenvalue weighted by Gasteiger charge is -2.34. The fourth-order valence-corrected chi connectivity index (χ4v) is 11.2. The number of pyridine rings is 4. The molecular formula is C48H56N4O8P2S. The fraction of sp³-hybridized carbons (Fsp3) is 0.333. The first-order valence-electron chi connectivity index (χ1n) is 20.5. The molecule has 4 heterocycles. The lowest BCUT2D eigenvalue weighted by atomic mass is 9.72. The third kappa shape index (κ3) is 13.3. The molecule has 0 radical (unpaired) electrons. The predicted molar refractivity (Wildman–Crippen MR) is 247 cm³/mol. The van der Waals surface area contributed by atoms with E-state index in [1.807, 2.05) is 12.1 Å². The van der Waals surface area contributed by atoms with E-state index < -0.39 is 37.9 Å². The highest BCUT2D eigenvalue weighted by Crippen LogP contribution is 2.50. The minimum atomic E-state index is -4.55. The number of aromatic nitrogens is 4. The third-order valence-electron chi connectivity index (χ3n) is 9.54. The van der Waals surface area contributed by atoms with Crippen molar-refractivity contribution >= 4 is 27.0 Å². The SMILES string of the molecule is CC(C)(C)CC(C)(C)c1ccc(OP(Oc2ccccn2)Oc2ccccn2)c(S(=O)(=O)c2cc(C(C)(C)CC(C)(C)C)ccc2OP(Oc2ccccn2)Oc2ccccn2)c1. The van der Waals surface area contributed by atoms with Gasteiger partial charge in [-0.25, -0.2) is 28.4 Å². The van der Waals surface area contributed by atoms with Crippen molar-refractivity contribution in [1.82, 2.24) is 19.9 Å². The maximum atomic E-state index is 15.8. The van der Waals surface area contributed by atoms with E-state index in [2.05, 4.69) is 89.2 Å². The first-order chi connectivity index (χ1) is 29.7. The molecule has 0 N–H and O–H groups in total. The number of hydrogen-bond acceptors (Lipinski definition) is 12. The molecule has 6 rings (SSSR count). The molecule has 6 aromatic rings. The van der Waals surface area contributed by atoms with Crippen LogP contribution in [0.3, 0.4) is 0 Å². The van der Waals surface area contributed by atoms with Crippen LogP contribution in [-0.4, -0.2) is 28.4 Å². The number of rotatable bonds is 18. The second-order valence-electron chi connectivity index (χ2n) is 18.7. The van der Waals surface area contributed by atoms with Gasteiger partial charge in [-0.1, -0.05) is 106 Å². The van der Waals surface area contributed by atoms with Crippen LogP contribution in [0, 0.1) is 10.8 Å². The number of benzene rings is 2. The zero-order valence-electron chi connectivity index (χ0n) is 37.5. The molecule has 4 aromatic heterocycles. The van der Waals surface area contributed by atoms with E-state index in [4.69, 9.17) is 27.1 Å². The molecule has 12 nitrogen and oxygen atoms in total. The largest absolute Gasteiger partial charge is 0.532 e. The zero-order valence-corrected chi connectivity index (χ0v) is 40.1. The van der Waals surface area contributed by atoms with Gasteiger partial charge in [0.25, 0.3) is 0 Å². The van der Waals surface area contributed by atoms with Gasteiger partial charge in [-0.3, -0.25) is 0 Å². The van der Waals surface area contributed by atoms with Gasteiger partial charge in [0, 0.05) is 49.1 Å². The maximum absolute atomic E-state index is 15.8. The van der Waals surface area contributed by atoms with Crippen molar-refractivity contribution in [3.63, 3.8) is 0 Å². The Morgan fingerprint density at radius 3 is 0.984 bits per heavy atom. The van der Waals surface area contributed by atoms with E-state index in [0.29, 0.717) is 0 Å². The molecule has 0 bridgehead atoms. The first-order valence-corrected chi connectivity index (χ1v) is 24.2. The molecule has 15 heteroatoms. The molecule has 0 saturated carbocycles. The maximum Gasteiger partial charge on any atom is 0.532 e. The molecular weight excluding hydrogens is 855 g/mol. The van der Waals surface area contributed by atoms with Crippen LogP contribution >= 0.6 is 17.2 Å². The molecule has 0 aliphatic heterocycles. The average Bonchev–Trinajstić information content (AvgIpc) is 3.20. The summed E-state index contributed by atoms with van der Waals surface area (Å²) in [6.45, 7) is 21.4. The first kappa shape index (κ1) is 47.1. The number of sulfone groups is 1. The molecule has 0 unspecified atom stereocenters. The smallest absolute Gasteiger partial charge is 0.407 e. The molecule has 0 saturated heterocycles. The minimum absolute atomic E-state index is 0.00896. The molecule has 0 spiro atoms. The molecule has 332 valence electrons. The Kier molecular flexibility index (Phi) is 14.7. The predicted octanol–water partition coefficient (Wildman–Crippen LogP) is 13.1. The standard InChI is InChI=1S/C48H56N4O8P2S/c1-45(2,3)33-47(7,8)35-23-25-37(55-61(57-41-19-11-15-27-49-41)58-42-20-12-16-28-50-42)39(31-35)63(53,54)40-32-36(48(9,10)34-46(4,5)6)24-26-38(40)56-62(59-43-21-13-17-29-51-43)60-44-22-14-18-30-52-44/h11-32H,33-34H2,1-10H3. The van der Waals surface area contributed by atoms with Crippen LogP contribution in [-0.2, 0) is 20.7 Å². The van der Waals surface area contributed by atoms with Crippen molar-refractivity contribution < 1.29 is 35.6 Å². The number of nitrogens with zero attached hydrogens (tertiary/aromatic N) is 4. The second kappa shape index (κ2) is 19.6. The van der Waals surface area contributed by atoms with Gasteiger partial charge in [0.1, 0.15) is 21.3 Å². The van der Waals surface area contributed by atoms with Crippen LogP contribution in [0.5, 0.6) is 35.0 Å². The Hall–Kier alpha value is -5.35. The van der Waals surface area contributed by atoms with E-state index >= 15 is 8.42 Å². The van der Waals surface area contributed by atoms with Crippen LogP contribution in [0.1, 0.15) is 93.2 Å². The van der Waals surface area contributed by atoms with Crippen LogP contribution in [0.15, 0.2) is 144 Å².